The maximum Gasteiger partial charge on any atom is 0.234 e. The molecule has 0 spiro atoms. The highest BCUT2D eigenvalue weighted by molar-refractivity contribution is 6.29. The summed E-state index contributed by atoms with van der Waals surface area (Å²) in [6.45, 7) is 6.30. The largest absolute Gasteiger partial charge is 0.355 e. The highest BCUT2D eigenvalue weighted by atomic mass is 35.5. The molecule has 0 radical (unpaired) electrons. The van der Waals surface area contributed by atoms with Crippen LogP contribution in [0.1, 0.15) is 19.5 Å². The number of halogens is 1. The zero-order valence-corrected chi connectivity index (χ0v) is 10.9. The van der Waals surface area contributed by atoms with Gasteiger partial charge in [-0.25, -0.2) is 0 Å². The van der Waals surface area contributed by atoms with Gasteiger partial charge in [-0.05, 0) is 25.6 Å². The molecule has 0 fully saturated rings. The topological polar surface area (TPSA) is 58.1 Å². The minimum atomic E-state index is 0.0243. The van der Waals surface area contributed by atoms with Gasteiger partial charge in [0.1, 0.15) is 0 Å². The summed E-state index contributed by atoms with van der Waals surface area (Å²) in [6.07, 6.45) is 0. The first kappa shape index (κ1) is 13.9. The number of hydrogen-bond donors (Lipinski definition) is 1. The van der Waals surface area contributed by atoms with Crippen LogP contribution in [0.25, 0.3) is 0 Å². The van der Waals surface area contributed by atoms with Gasteiger partial charge in [-0.2, -0.15) is 5.10 Å². The van der Waals surface area contributed by atoms with Crippen molar-refractivity contribution in [1.82, 2.24) is 20.4 Å². The van der Waals surface area contributed by atoms with E-state index in [0.717, 1.165) is 12.2 Å². The average molecular weight is 257 g/mol. The minimum Gasteiger partial charge on any atom is -0.355 e. The number of nitrogens with one attached hydrogen (secondary N) is 1. The molecule has 0 atom stereocenters. The third kappa shape index (κ3) is 5.10. The lowest BCUT2D eigenvalue weighted by atomic mass is 10.3. The van der Waals surface area contributed by atoms with Crippen molar-refractivity contribution >= 4 is 17.5 Å². The number of carbonyl (C=O) groups is 1. The van der Waals surface area contributed by atoms with E-state index in [9.17, 15) is 4.79 Å². The number of carbonyl (C=O) groups excluding carboxylic acids is 1. The van der Waals surface area contributed by atoms with Gasteiger partial charge in [0.2, 0.25) is 5.91 Å². The summed E-state index contributed by atoms with van der Waals surface area (Å²) in [5.41, 5.74) is 0.806. The van der Waals surface area contributed by atoms with E-state index in [-0.39, 0.29) is 5.91 Å². The molecule has 0 unspecified atom stereocenters. The Balaban J connectivity index is 2.51. The third-order valence-electron chi connectivity index (χ3n) is 2.26. The summed E-state index contributed by atoms with van der Waals surface area (Å²) in [7, 11) is 0. The SMILES string of the molecule is CCNC(=O)CN(CC)Cc1ccc(Cl)nn1. The number of rotatable bonds is 6. The molecule has 0 saturated heterocycles. The first-order chi connectivity index (χ1) is 8.15. The van der Waals surface area contributed by atoms with Gasteiger partial charge in [-0.1, -0.05) is 18.5 Å². The Bertz CT molecular complexity index is 355. The molecule has 0 aliphatic heterocycles. The fraction of sp³-hybridized carbons (Fsp3) is 0.545. The average Bonchev–Trinajstić information content (AvgIpc) is 2.31. The molecule has 5 nitrogen and oxygen atoms in total. The number of aromatic nitrogens is 2. The molecule has 6 heteroatoms. The molecule has 0 bridgehead atoms. The van der Waals surface area contributed by atoms with E-state index in [1.165, 1.54) is 0 Å². The van der Waals surface area contributed by atoms with Crippen molar-refractivity contribution in [2.75, 3.05) is 19.6 Å². The summed E-state index contributed by atoms with van der Waals surface area (Å²) >= 11 is 5.66. The predicted molar refractivity (Wildman–Crippen MR) is 66.7 cm³/mol. The van der Waals surface area contributed by atoms with Crippen molar-refractivity contribution < 1.29 is 4.79 Å². The van der Waals surface area contributed by atoms with Crippen molar-refractivity contribution in [2.24, 2.45) is 0 Å². The second kappa shape index (κ2) is 7.19. The Morgan fingerprint density at radius 3 is 2.71 bits per heavy atom. The van der Waals surface area contributed by atoms with Gasteiger partial charge in [0.25, 0.3) is 0 Å². The van der Waals surface area contributed by atoms with E-state index in [4.69, 9.17) is 11.6 Å². The zero-order valence-electron chi connectivity index (χ0n) is 10.1. The van der Waals surface area contributed by atoms with Gasteiger partial charge in [0.15, 0.2) is 5.15 Å². The highest BCUT2D eigenvalue weighted by Gasteiger charge is 2.09. The summed E-state index contributed by atoms with van der Waals surface area (Å²) in [4.78, 5) is 13.4. The normalized spacial score (nSPS) is 10.6. The quantitative estimate of drug-likeness (QED) is 0.828. The Labute approximate surface area is 106 Å². The van der Waals surface area contributed by atoms with Crippen molar-refractivity contribution in [3.63, 3.8) is 0 Å². The molecule has 1 N–H and O–H groups in total. The molecular formula is C11H17ClN4O. The molecule has 1 amide bonds. The Hall–Kier alpha value is -1.20. The Morgan fingerprint density at radius 2 is 2.18 bits per heavy atom. The molecule has 1 aromatic heterocycles. The monoisotopic (exact) mass is 256 g/mol. The molecule has 0 aliphatic carbocycles. The molecule has 1 aromatic rings. The van der Waals surface area contributed by atoms with Gasteiger partial charge < -0.3 is 5.32 Å². The molecule has 1 heterocycles. The lowest BCUT2D eigenvalue weighted by molar-refractivity contribution is -0.122. The van der Waals surface area contributed by atoms with E-state index >= 15 is 0 Å². The van der Waals surface area contributed by atoms with Crippen LogP contribution < -0.4 is 5.32 Å². The minimum absolute atomic E-state index is 0.0243. The summed E-state index contributed by atoms with van der Waals surface area (Å²) in [6, 6.07) is 3.51. The molecule has 0 aliphatic rings. The molecule has 0 aromatic carbocycles. The molecule has 94 valence electrons. The summed E-state index contributed by atoms with van der Waals surface area (Å²) in [5.74, 6) is 0.0243. The van der Waals surface area contributed by atoms with Crippen LogP contribution in [-0.2, 0) is 11.3 Å². The van der Waals surface area contributed by atoms with E-state index in [0.29, 0.717) is 24.8 Å². The van der Waals surface area contributed by atoms with Crippen LogP contribution in [-0.4, -0.2) is 40.6 Å². The number of nitrogens with zero attached hydrogens (tertiary/aromatic N) is 3. The fourth-order valence-corrected chi connectivity index (χ4v) is 1.49. The smallest absolute Gasteiger partial charge is 0.234 e. The van der Waals surface area contributed by atoms with Crippen LogP contribution in [0.4, 0.5) is 0 Å². The highest BCUT2D eigenvalue weighted by Crippen LogP contribution is 2.04. The van der Waals surface area contributed by atoms with Gasteiger partial charge in [-0.3, -0.25) is 9.69 Å². The van der Waals surface area contributed by atoms with Gasteiger partial charge in [0, 0.05) is 13.1 Å². The van der Waals surface area contributed by atoms with Crippen molar-refractivity contribution in [1.29, 1.82) is 0 Å². The van der Waals surface area contributed by atoms with E-state index in [1.54, 1.807) is 6.07 Å². The molecule has 0 saturated carbocycles. The lowest BCUT2D eigenvalue weighted by Gasteiger charge is -2.18. The number of likely N-dealkylation sites (N-methyl/N-ethyl adjacent to an activating group) is 2. The zero-order chi connectivity index (χ0) is 12.7. The predicted octanol–water partition coefficient (Wildman–Crippen LogP) is 1.09. The number of amides is 1. The van der Waals surface area contributed by atoms with Crippen molar-refractivity contribution in [2.45, 2.75) is 20.4 Å². The van der Waals surface area contributed by atoms with E-state index in [1.807, 2.05) is 24.8 Å². The van der Waals surface area contributed by atoms with Crippen molar-refractivity contribution in [3.8, 4) is 0 Å². The van der Waals surface area contributed by atoms with E-state index < -0.39 is 0 Å². The first-order valence-corrected chi connectivity index (χ1v) is 6.00. The standard InChI is InChI=1S/C11H17ClN4O/c1-3-13-11(17)8-16(4-2)7-9-5-6-10(12)15-14-9/h5-6H,3-4,7-8H2,1-2H3,(H,13,17). The van der Waals surface area contributed by atoms with Crippen molar-refractivity contribution in [3.05, 3.63) is 23.0 Å². The second-order valence-electron chi connectivity index (χ2n) is 3.60. The molecule has 1 rings (SSSR count). The second-order valence-corrected chi connectivity index (χ2v) is 3.99. The number of hydrogen-bond acceptors (Lipinski definition) is 4. The van der Waals surface area contributed by atoms with Crippen LogP contribution in [0, 0.1) is 0 Å². The van der Waals surface area contributed by atoms with Crippen LogP contribution in [0.15, 0.2) is 12.1 Å². The van der Waals surface area contributed by atoms with Crippen LogP contribution in [0.5, 0.6) is 0 Å². The molecule has 17 heavy (non-hydrogen) atoms. The van der Waals surface area contributed by atoms with E-state index in [2.05, 4.69) is 15.5 Å². The van der Waals surface area contributed by atoms with Crippen LogP contribution >= 0.6 is 11.6 Å². The fourth-order valence-electron chi connectivity index (χ4n) is 1.39. The maximum atomic E-state index is 11.4. The Morgan fingerprint density at radius 1 is 1.41 bits per heavy atom. The first-order valence-electron chi connectivity index (χ1n) is 5.62. The molecular weight excluding hydrogens is 240 g/mol. The summed E-state index contributed by atoms with van der Waals surface area (Å²) in [5, 5.41) is 10.9. The van der Waals surface area contributed by atoms with Crippen LogP contribution in [0.3, 0.4) is 0 Å². The van der Waals surface area contributed by atoms with Crippen LogP contribution in [0.2, 0.25) is 5.15 Å². The van der Waals surface area contributed by atoms with Gasteiger partial charge in [-0.15, -0.1) is 5.10 Å². The van der Waals surface area contributed by atoms with Gasteiger partial charge >= 0.3 is 0 Å². The third-order valence-corrected chi connectivity index (χ3v) is 2.46. The summed E-state index contributed by atoms with van der Waals surface area (Å²) < 4.78 is 0. The maximum absolute atomic E-state index is 11.4. The van der Waals surface area contributed by atoms with Gasteiger partial charge in [0.05, 0.1) is 12.2 Å². The lowest BCUT2D eigenvalue weighted by Crippen LogP contribution is -2.36. The Kier molecular flexibility index (Phi) is 5.86.